The van der Waals surface area contributed by atoms with E-state index < -0.39 is 0 Å². The fourth-order valence-electron chi connectivity index (χ4n) is 4.28. The lowest BCUT2D eigenvalue weighted by atomic mass is 9.82. The van der Waals surface area contributed by atoms with Gasteiger partial charge in [-0.05, 0) is 62.7 Å². The first-order valence-electron chi connectivity index (χ1n) is 9.59. The van der Waals surface area contributed by atoms with Crippen molar-refractivity contribution in [1.82, 2.24) is 9.88 Å². The van der Waals surface area contributed by atoms with Gasteiger partial charge in [-0.1, -0.05) is 42.0 Å². The van der Waals surface area contributed by atoms with Crippen molar-refractivity contribution in [3.63, 3.8) is 0 Å². The quantitative estimate of drug-likeness (QED) is 0.727. The van der Waals surface area contributed by atoms with Gasteiger partial charge in [0.15, 0.2) is 0 Å². The van der Waals surface area contributed by atoms with E-state index in [4.69, 9.17) is 16.3 Å². The van der Waals surface area contributed by atoms with Crippen LogP contribution in [0.5, 0.6) is 0 Å². The van der Waals surface area contributed by atoms with E-state index in [1.165, 1.54) is 25.7 Å². The summed E-state index contributed by atoms with van der Waals surface area (Å²) in [5.41, 5.74) is 1.16. The van der Waals surface area contributed by atoms with E-state index in [1.807, 2.05) is 12.1 Å². The predicted octanol–water partition coefficient (Wildman–Crippen LogP) is 4.45. The summed E-state index contributed by atoms with van der Waals surface area (Å²) in [6, 6.07) is 5.99. The van der Waals surface area contributed by atoms with Gasteiger partial charge in [0, 0.05) is 24.8 Å². The van der Waals surface area contributed by atoms with Crippen molar-refractivity contribution in [2.45, 2.75) is 37.7 Å². The van der Waals surface area contributed by atoms with Gasteiger partial charge in [0.25, 0.3) is 0 Å². The van der Waals surface area contributed by atoms with E-state index in [0.29, 0.717) is 29.0 Å². The van der Waals surface area contributed by atoms with Crippen LogP contribution < -0.4 is 0 Å². The molecule has 4 rings (SSSR count). The highest BCUT2D eigenvalue weighted by molar-refractivity contribution is 6.29. The number of ether oxygens (including phenoxy) is 1. The first kappa shape index (κ1) is 17.3. The number of nitrogens with zero attached hydrogens (tertiary/aromatic N) is 2. The molecular formula is C21H27ClN2O. The maximum Gasteiger partial charge on any atom is 0.129 e. The van der Waals surface area contributed by atoms with Crippen molar-refractivity contribution < 1.29 is 4.74 Å². The van der Waals surface area contributed by atoms with Crippen molar-refractivity contribution in [3.8, 4) is 0 Å². The van der Waals surface area contributed by atoms with Crippen molar-refractivity contribution in [1.29, 1.82) is 0 Å². The maximum atomic E-state index is 6.05. The fraction of sp³-hybridized carbons (Fsp3) is 0.571. The van der Waals surface area contributed by atoms with Crippen LogP contribution >= 0.6 is 11.6 Å². The summed E-state index contributed by atoms with van der Waals surface area (Å²) in [4.78, 5) is 7.14. The molecule has 0 spiro atoms. The first-order valence-corrected chi connectivity index (χ1v) is 9.97. The third-order valence-corrected chi connectivity index (χ3v) is 6.13. The molecule has 2 saturated heterocycles. The molecule has 1 aliphatic carbocycles. The molecule has 3 nitrogen and oxygen atoms in total. The Balaban J connectivity index is 1.30. The Morgan fingerprint density at radius 3 is 2.52 bits per heavy atom. The zero-order valence-electron chi connectivity index (χ0n) is 14.7. The van der Waals surface area contributed by atoms with E-state index in [2.05, 4.69) is 40.3 Å². The van der Waals surface area contributed by atoms with Gasteiger partial charge in [-0.3, -0.25) is 0 Å². The SMILES string of the molecule is Clc1cccc(C2CCN(CC3C=CC=C[C@@H]3CC3CCO3)CC2)n1. The molecule has 1 aromatic rings. The van der Waals surface area contributed by atoms with Crippen molar-refractivity contribution in [2.24, 2.45) is 11.8 Å². The average Bonchev–Trinajstić information content (AvgIpc) is 2.60. The Kier molecular flexibility index (Phi) is 5.54. The minimum Gasteiger partial charge on any atom is -0.378 e. The van der Waals surface area contributed by atoms with Crippen molar-refractivity contribution >= 4 is 11.6 Å². The highest BCUT2D eigenvalue weighted by Crippen LogP contribution is 2.32. The van der Waals surface area contributed by atoms with Crippen LogP contribution in [0.15, 0.2) is 42.5 Å². The Morgan fingerprint density at radius 1 is 1.08 bits per heavy atom. The van der Waals surface area contributed by atoms with Gasteiger partial charge < -0.3 is 9.64 Å². The molecule has 0 bridgehead atoms. The van der Waals surface area contributed by atoms with E-state index in [0.717, 1.165) is 31.9 Å². The van der Waals surface area contributed by atoms with Gasteiger partial charge in [-0.15, -0.1) is 0 Å². The van der Waals surface area contributed by atoms with Gasteiger partial charge in [0.2, 0.25) is 0 Å². The lowest BCUT2D eigenvalue weighted by Gasteiger charge is -2.37. The standard InChI is InChI=1S/C21H27ClN2O/c22-21-7-3-6-20(23-21)16-8-11-24(12-9-16)15-18-5-2-1-4-17(18)14-19-10-13-25-19/h1-7,16-19H,8-15H2/t17-,18?,19?/m1/s1. The number of likely N-dealkylation sites (tertiary alicyclic amines) is 1. The van der Waals surface area contributed by atoms with E-state index in [-0.39, 0.29) is 0 Å². The number of pyridine rings is 1. The van der Waals surface area contributed by atoms with Crippen LogP contribution in [-0.4, -0.2) is 42.2 Å². The number of rotatable bonds is 5. The molecule has 25 heavy (non-hydrogen) atoms. The van der Waals surface area contributed by atoms with Gasteiger partial charge in [-0.2, -0.15) is 0 Å². The number of hydrogen-bond donors (Lipinski definition) is 0. The summed E-state index contributed by atoms with van der Waals surface area (Å²) in [6.45, 7) is 4.42. The zero-order chi connectivity index (χ0) is 17.1. The summed E-state index contributed by atoms with van der Waals surface area (Å²) in [5.74, 6) is 1.80. The van der Waals surface area contributed by atoms with Crippen molar-refractivity contribution in [2.75, 3.05) is 26.2 Å². The summed E-state index contributed by atoms with van der Waals surface area (Å²) >= 11 is 6.05. The number of piperidine rings is 1. The molecule has 4 heteroatoms. The van der Waals surface area contributed by atoms with E-state index >= 15 is 0 Å². The van der Waals surface area contributed by atoms with Crippen LogP contribution in [0.1, 0.15) is 37.3 Å². The minimum absolute atomic E-state index is 0.489. The lowest BCUT2D eigenvalue weighted by molar-refractivity contribution is -0.0628. The number of aromatic nitrogens is 1. The summed E-state index contributed by atoms with van der Waals surface area (Å²) in [5, 5.41) is 0.611. The lowest BCUT2D eigenvalue weighted by Crippen LogP contribution is -2.39. The Bertz CT molecular complexity index is 633. The number of allylic oxidation sites excluding steroid dienone is 3. The van der Waals surface area contributed by atoms with Crippen LogP contribution in [0, 0.1) is 11.8 Å². The summed E-state index contributed by atoms with van der Waals surface area (Å²) in [6.07, 6.45) is 14.5. The zero-order valence-corrected chi connectivity index (χ0v) is 15.4. The van der Waals surface area contributed by atoms with Crippen LogP contribution in [-0.2, 0) is 4.74 Å². The van der Waals surface area contributed by atoms with Crippen LogP contribution in [0.4, 0.5) is 0 Å². The largest absolute Gasteiger partial charge is 0.378 e. The first-order chi connectivity index (χ1) is 12.3. The van der Waals surface area contributed by atoms with E-state index in [9.17, 15) is 0 Å². The Morgan fingerprint density at radius 2 is 1.84 bits per heavy atom. The third-order valence-electron chi connectivity index (χ3n) is 5.92. The van der Waals surface area contributed by atoms with Crippen LogP contribution in [0.3, 0.4) is 0 Å². The second-order valence-corrected chi connectivity index (χ2v) is 7.96. The fourth-order valence-corrected chi connectivity index (χ4v) is 4.45. The molecule has 0 N–H and O–H groups in total. The van der Waals surface area contributed by atoms with Gasteiger partial charge >= 0.3 is 0 Å². The summed E-state index contributed by atoms with van der Waals surface area (Å²) < 4.78 is 5.66. The highest BCUT2D eigenvalue weighted by atomic mass is 35.5. The van der Waals surface area contributed by atoms with Crippen molar-refractivity contribution in [3.05, 3.63) is 53.4 Å². The van der Waals surface area contributed by atoms with Gasteiger partial charge in [-0.25, -0.2) is 4.98 Å². The Labute approximate surface area is 155 Å². The number of halogens is 1. The molecule has 2 fully saturated rings. The second kappa shape index (κ2) is 8.03. The molecule has 1 aromatic heterocycles. The molecule has 3 aliphatic rings. The predicted molar refractivity (Wildman–Crippen MR) is 102 cm³/mol. The highest BCUT2D eigenvalue weighted by Gasteiger charge is 2.29. The van der Waals surface area contributed by atoms with Crippen LogP contribution in [0.2, 0.25) is 5.15 Å². The molecule has 3 atom stereocenters. The summed E-state index contributed by atoms with van der Waals surface area (Å²) in [7, 11) is 0. The second-order valence-electron chi connectivity index (χ2n) is 7.57. The van der Waals surface area contributed by atoms with Crippen LogP contribution in [0.25, 0.3) is 0 Å². The average molecular weight is 359 g/mol. The minimum atomic E-state index is 0.489. The van der Waals surface area contributed by atoms with Gasteiger partial charge in [0.05, 0.1) is 6.10 Å². The topological polar surface area (TPSA) is 25.4 Å². The molecule has 2 aliphatic heterocycles. The molecule has 2 unspecified atom stereocenters. The molecule has 0 aromatic carbocycles. The third kappa shape index (κ3) is 4.33. The molecule has 3 heterocycles. The Hall–Kier alpha value is -1.16. The normalized spacial score (nSPS) is 30.4. The van der Waals surface area contributed by atoms with E-state index in [1.54, 1.807) is 0 Å². The van der Waals surface area contributed by atoms with Gasteiger partial charge in [0.1, 0.15) is 5.15 Å². The maximum absolute atomic E-state index is 6.05. The molecule has 0 amide bonds. The smallest absolute Gasteiger partial charge is 0.129 e. The molecular weight excluding hydrogens is 332 g/mol. The molecule has 0 saturated carbocycles. The molecule has 134 valence electrons. The number of hydrogen-bond acceptors (Lipinski definition) is 3. The molecule has 0 radical (unpaired) electrons. The monoisotopic (exact) mass is 358 g/mol.